The van der Waals surface area contributed by atoms with Crippen molar-refractivity contribution in [2.75, 3.05) is 6.26 Å². The number of rotatable bonds is 4. The SMILES string of the molecule is CC(NS(C)(O)C(C)(C)C)C(F)(F)c1ccccc1. The van der Waals surface area contributed by atoms with E-state index in [9.17, 15) is 13.3 Å². The average Bonchev–Trinajstić information content (AvgIpc) is 2.28. The first-order valence-electron chi connectivity index (χ1n) is 6.19. The third kappa shape index (κ3) is 3.68. The smallest absolute Gasteiger partial charge is 0.288 e. The summed E-state index contributed by atoms with van der Waals surface area (Å²) in [6.45, 7) is 6.91. The molecule has 0 spiro atoms. The molecule has 0 radical (unpaired) electrons. The molecule has 0 fully saturated rings. The Labute approximate surface area is 115 Å². The lowest BCUT2D eigenvalue weighted by molar-refractivity contribution is -0.0310. The topological polar surface area (TPSA) is 32.3 Å². The second-order valence-electron chi connectivity index (χ2n) is 5.82. The van der Waals surface area contributed by atoms with Gasteiger partial charge in [0, 0.05) is 16.6 Å². The van der Waals surface area contributed by atoms with E-state index in [1.165, 1.54) is 19.1 Å². The summed E-state index contributed by atoms with van der Waals surface area (Å²) >= 11 is 0. The van der Waals surface area contributed by atoms with E-state index < -0.39 is 27.2 Å². The van der Waals surface area contributed by atoms with Gasteiger partial charge in [0.1, 0.15) is 0 Å². The highest BCUT2D eigenvalue weighted by Crippen LogP contribution is 2.50. The van der Waals surface area contributed by atoms with Gasteiger partial charge in [-0.1, -0.05) is 40.8 Å². The van der Waals surface area contributed by atoms with Crippen LogP contribution in [0.4, 0.5) is 8.78 Å². The first-order valence-corrected chi connectivity index (χ1v) is 8.19. The number of benzene rings is 1. The average molecular weight is 291 g/mol. The fourth-order valence-corrected chi connectivity index (χ4v) is 2.70. The Kier molecular flexibility index (Phi) is 4.65. The first kappa shape index (κ1) is 16.4. The van der Waals surface area contributed by atoms with Crippen LogP contribution < -0.4 is 4.72 Å². The lowest BCUT2D eigenvalue weighted by Gasteiger charge is -2.45. The van der Waals surface area contributed by atoms with E-state index in [1.807, 2.05) is 20.8 Å². The van der Waals surface area contributed by atoms with Gasteiger partial charge in [-0.15, -0.1) is 0 Å². The third-order valence-corrected chi connectivity index (χ3v) is 6.50. The fourth-order valence-electron chi connectivity index (χ4n) is 1.51. The number of hydrogen-bond acceptors (Lipinski definition) is 2. The molecule has 0 heterocycles. The summed E-state index contributed by atoms with van der Waals surface area (Å²) < 4.78 is 41.2. The maximum absolute atomic E-state index is 14.3. The van der Waals surface area contributed by atoms with E-state index >= 15 is 0 Å². The molecule has 2 unspecified atom stereocenters. The highest BCUT2D eigenvalue weighted by Gasteiger charge is 2.42. The van der Waals surface area contributed by atoms with Crippen LogP contribution >= 0.6 is 10.5 Å². The molecule has 1 aromatic carbocycles. The zero-order valence-corrected chi connectivity index (χ0v) is 12.9. The van der Waals surface area contributed by atoms with Crippen LogP contribution in [0, 0.1) is 0 Å². The molecule has 2 N–H and O–H groups in total. The van der Waals surface area contributed by atoms with Crippen LogP contribution in [0.2, 0.25) is 0 Å². The van der Waals surface area contributed by atoms with Gasteiger partial charge in [0.05, 0.1) is 6.04 Å². The van der Waals surface area contributed by atoms with E-state index in [0.717, 1.165) is 0 Å². The predicted molar refractivity (Wildman–Crippen MR) is 78.8 cm³/mol. The standard InChI is InChI=1S/C14H23F2NOS/c1-11(17-19(5,18)13(2,3)4)14(15,16)12-9-7-6-8-10-12/h6-11,17-18H,1-5H3. The van der Waals surface area contributed by atoms with Crippen LogP contribution in [0.5, 0.6) is 0 Å². The molecule has 5 heteroatoms. The van der Waals surface area contributed by atoms with Crippen molar-refractivity contribution in [3.05, 3.63) is 35.9 Å². The van der Waals surface area contributed by atoms with Gasteiger partial charge in [-0.25, -0.2) is 0 Å². The second-order valence-corrected chi connectivity index (χ2v) is 9.03. The summed E-state index contributed by atoms with van der Waals surface area (Å²) in [6, 6.07) is 6.54. The van der Waals surface area contributed by atoms with E-state index in [0.29, 0.717) is 0 Å². The van der Waals surface area contributed by atoms with Crippen molar-refractivity contribution in [2.45, 2.75) is 44.4 Å². The van der Waals surface area contributed by atoms with E-state index in [4.69, 9.17) is 0 Å². The molecule has 110 valence electrons. The Hall–Kier alpha value is -0.650. The molecule has 1 rings (SSSR count). The van der Waals surface area contributed by atoms with Crippen molar-refractivity contribution in [3.8, 4) is 0 Å². The van der Waals surface area contributed by atoms with Gasteiger partial charge in [0.25, 0.3) is 5.92 Å². The van der Waals surface area contributed by atoms with Crippen molar-refractivity contribution in [2.24, 2.45) is 0 Å². The van der Waals surface area contributed by atoms with Crippen molar-refractivity contribution < 1.29 is 13.3 Å². The maximum atomic E-state index is 14.3. The molecular formula is C14H23F2NOS. The molecular weight excluding hydrogens is 268 g/mol. The second kappa shape index (κ2) is 5.38. The largest absolute Gasteiger partial charge is 0.338 e. The molecule has 0 aliphatic heterocycles. The van der Waals surface area contributed by atoms with Gasteiger partial charge in [-0.05, 0) is 27.7 Å². The van der Waals surface area contributed by atoms with Gasteiger partial charge in [-0.2, -0.15) is 8.78 Å². The number of halogens is 2. The first-order chi connectivity index (χ1) is 8.48. The van der Waals surface area contributed by atoms with E-state index in [1.54, 1.807) is 24.5 Å². The summed E-state index contributed by atoms with van der Waals surface area (Å²) in [5.41, 5.74) is -0.0425. The Morgan fingerprint density at radius 3 is 2.05 bits per heavy atom. The van der Waals surface area contributed by atoms with Crippen LogP contribution in [0.1, 0.15) is 33.3 Å². The van der Waals surface area contributed by atoms with Gasteiger partial charge in [-0.3, -0.25) is 4.72 Å². The zero-order chi connectivity index (χ0) is 14.9. The minimum Gasteiger partial charge on any atom is -0.338 e. The molecule has 2 atom stereocenters. The van der Waals surface area contributed by atoms with Crippen molar-refractivity contribution in [1.29, 1.82) is 0 Å². The molecule has 1 aromatic rings. The Bertz CT molecular complexity index is 415. The van der Waals surface area contributed by atoms with E-state index in [-0.39, 0.29) is 5.56 Å². The van der Waals surface area contributed by atoms with Crippen LogP contribution in [-0.2, 0) is 5.92 Å². The Balaban J connectivity index is 2.92. The number of hydrogen-bond donors (Lipinski definition) is 2. The molecule has 0 aliphatic rings. The molecule has 2 nitrogen and oxygen atoms in total. The summed E-state index contributed by atoms with van der Waals surface area (Å²) in [4.78, 5) is 0. The van der Waals surface area contributed by atoms with Crippen LogP contribution in [0.15, 0.2) is 30.3 Å². The normalized spacial score (nSPS) is 19.6. The molecule has 19 heavy (non-hydrogen) atoms. The third-order valence-electron chi connectivity index (χ3n) is 3.30. The van der Waals surface area contributed by atoms with Gasteiger partial charge in [0.2, 0.25) is 0 Å². The molecule has 0 saturated heterocycles. The highest BCUT2D eigenvalue weighted by atomic mass is 32.3. The van der Waals surface area contributed by atoms with Crippen LogP contribution in [0.3, 0.4) is 0 Å². The Morgan fingerprint density at radius 1 is 1.16 bits per heavy atom. The summed E-state index contributed by atoms with van der Waals surface area (Å²) in [7, 11) is -2.32. The predicted octanol–water partition coefficient (Wildman–Crippen LogP) is 4.38. The quantitative estimate of drug-likeness (QED) is 0.863. The number of nitrogens with one attached hydrogen (secondary N) is 1. The number of alkyl halides is 2. The lowest BCUT2D eigenvalue weighted by Crippen LogP contribution is -2.46. The van der Waals surface area contributed by atoms with Gasteiger partial charge in [0.15, 0.2) is 0 Å². The molecule has 0 aliphatic carbocycles. The minimum atomic E-state index is -3.02. The van der Waals surface area contributed by atoms with Gasteiger partial charge < -0.3 is 4.55 Å². The molecule has 0 aromatic heterocycles. The minimum absolute atomic E-state index is 0.0425. The summed E-state index contributed by atoms with van der Waals surface area (Å²) in [5, 5.41) is 0. The van der Waals surface area contributed by atoms with Crippen molar-refractivity contribution in [1.82, 2.24) is 4.72 Å². The summed E-state index contributed by atoms with van der Waals surface area (Å²) in [6.07, 6.45) is 1.60. The molecule has 0 bridgehead atoms. The zero-order valence-electron chi connectivity index (χ0n) is 12.1. The van der Waals surface area contributed by atoms with E-state index in [2.05, 4.69) is 4.72 Å². The fraction of sp³-hybridized carbons (Fsp3) is 0.571. The monoisotopic (exact) mass is 291 g/mol. The lowest BCUT2D eigenvalue weighted by atomic mass is 10.0. The van der Waals surface area contributed by atoms with Crippen LogP contribution in [0.25, 0.3) is 0 Å². The Morgan fingerprint density at radius 2 is 1.63 bits per heavy atom. The van der Waals surface area contributed by atoms with Crippen molar-refractivity contribution >= 4 is 10.5 Å². The van der Waals surface area contributed by atoms with Crippen molar-refractivity contribution in [3.63, 3.8) is 0 Å². The maximum Gasteiger partial charge on any atom is 0.288 e. The van der Waals surface area contributed by atoms with Gasteiger partial charge >= 0.3 is 0 Å². The summed E-state index contributed by atoms with van der Waals surface area (Å²) in [5.74, 6) is -3.02. The molecule has 0 saturated carbocycles. The highest BCUT2D eigenvalue weighted by molar-refractivity contribution is 8.28. The van der Waals surface area contributed by atoms with Crippen LogP contribution in [-0.4, -0.2) is 21.6 Å². The molecule has 0 amide bonds.